The quantitative estimate of drug-likeness (QED) is 0.630. The first kappa shape index (κ1) is 19.0. The van der Waals surface area contributed by atoms with Crippen molar-refractivity contribution in [2.45, 2.75) is 26.2 Å². The minimum absolute atomic E-state index is 0.210. The molecule has 0 spiro atoms. The van der Waals surface area contributed by atoms with E-state index in [1.54, 1.807) is 13.3 Å². The molecule has 0 saturated carbocycles. The Labute approximate surface area is 153 Å². The Balaban J connectivity index is 2.36. The molecule has 0 aliphatic carbocycles. The molecule has 0 aromatic carbocycles. The number of nitrogen functional groups attached to an aromatic ring is 1. The molecule has 0 saturated heterocycles. The average Bonchev–Trinajstić information content (AvgIpc) is 2.54. The predicted octanol–water partition coefficient (Wildman–Crippen LogP) is 2.80. The van der Waals surface area contributed by atoms with Gasteiger partial charge in [0.25, 0.3) is 0 Å². The second-order valence-corrected chi connectivity index (χ2v) is 6.48. The topological polar surface area (TPSA) is 86.0 Å². The number of halogens is 1. The molecule has 0 aliphatic rings. The average molecular weight is 360 g/mol. The Morgan fingerprint density at radius 2 is 2.08 bits per heavy atom. The molecule has 0 aliphatic heterocycles. The molecule has 0 atom stereocenters. The number of aromatic nitrogens is 3. The molecule has 2 aromatic rings. The fourth-order valence-corrected chi connectivity index (χ4v) is 2.28. The number of nitrogens with one attached hydrogen (secondary N) is 1. The normalized spacial score (nSPS) is 10.9. The molecule has 3 N–H and O–H groups in total. The van der Waals surface area contributed by atoms with E-state index < -0.39 is 5.41 Å². The standard InChI is InChI=1S/C18H22ClN5O/c1-12-14(16(21-9-10-25-4)24-17(20)23-12)7-8-18(2,3)15-6-5-13(19)11-22-15/h5-6,11H,9-10H2,1-4H3,(H3,20,21,23,24). The minimum atomic E-state index is -0.456. The van der Waals surface area contributed by atoms with Gasteiger partial charge in [0, 0.05) is 19.9 Å². The number of methoxy groups -OCH3 is 1. The second kappa shape index (κ2) is 8.15. The van der Waals surface area contributed by atoms with Crippen LogP contribution in [0, 0.1) is 18.8 Å². The van der Waals surface area contributed by atoms with E-state index in [1.165, 1.54) is 0 Å². The van der Waals surface area contributed by atoms with Crippen LogP contribution in [-0.4, -0.2) is 35.2 Å². The van der Waals surface area contributed by atoms with Crippen LogP contribution in [0.4, 0.5) is 11.8 Å². The maximum absolute atomic E-state index is 5.91. The molecule has 0 radical (unpaired) electrons. The molecule has 0 fully saturated rings. The van der Waals surface area contributed by atoms with Crippen LogP contribution in [0.3, 0.4) is 0 Å². The lowest BCUT2D eigenvalue weighted by Crippen LogP contribution is -2.16. The van der Waals surface area contributed by atoms with E-state index in [4.69, 9.17) is 22.1 Å². The number of pyridine rings is 1. The van der Waals surface area contributed by atoms with Crippen LogP contribution in [0.1, 0.15) is 30.8 Å². The molecule has 25 heavy (non-hydrogen) atoms. The van der Waals surface area contributed by atoms with Crippen molar-refractivity contribution in [3.8, 4) is 11.8 Å². The van der Waals surface area contributed by atoms with E-state index in [0.717, 1.165) is 11.4 Å². The Morgan fingerprint density at radius 3 is 2.72 bits per heavy atom. The number of aryl methyl sites for hydroxylation is 1. The van der Waals surface area contributed by atoms with E-state index >= 15 is 0 Å². The first-order valence-corrected chi connectivity index (χ1v) is 8.23. The Kier molecular flexibility index (Phi) is 6.18. The number of nitrogens with zero attached hydrogens (tertiary/aromatic N) is 3. The summed E-state index contributed by atoms with van der Waals surface area (Å²) in [7, 11) is 1.64. The molecular weight excluding hydrogens is 338 g/mol. The van der Waals surface area contributed by atoms with E-state index in [2.05, 4.69) is 32.1 Å². The summed E-state index contributed by atoms with van der Waals surface area (Å²) >= 11 is 5.91. The van der Waals surface area contributed by atoms with Gasteiger partial charge in [-0.1, -0.05) is 23.4 Å². The van der Waals surface area contributed by atoms with Crippen molar-refractivity contribution < 1.29 is 4.74 Å². The van der Waals surface area contributed by atoms with Gasteiger partial charge in [-0.2, -0.15) is 4.98 Å². The van der Waals surface area contributed by atoms with Gasteiger partial charge in [0.2, 0.25) is 5.95 Å². The number of ether oxygens (including phenoxy) is 1. The summed E-state index contributed by atoms with van der Waals surface area (Å²) in [5.74, 6) is 7.25. The van der Waals surface area contributed by atoms with Gasteiger partial charge in [-0.25, -0.2) is 4.98 Å². The number of hydrogen-bond acceptors (Lipinski definition) is 6. The summed E-state index contributed by atoms with van der Waals surface area (Å²) in [6, 6.07) is 3.68. The van der Waals surface area contributed by atoms with Crippen molar-refractivity contribution in [1.82, 2.24) is 15.0 Å². The van der Waals surface area contributed by atoms with Crippen molar-refractivity contribution in [3.63, 3.8) is 0 Å². The highest BCUT2D eigenvalue weighted by Gasteiger charge is 2.19. The molecular formula is C18H22ClN5O. The van der Waals surface area contributed by atoms with Crippen molar-refractivity contribution in [3.05, 3.63) is 40.3 Å². The number of nitrogens with two attached hydrogens (primary N) is 1. The van der Waals surface area contributed by atoms with Gasteiger partial charge in [0.15, 0.2) is 0 Å². The third-order valence-electron chi connectivity index (χ3n) is 3.57. The van der Waals surface area contributed by atoms with Crippen LogP contribution in [0.2, 0.25) is 5.02 Å². The maximum Gasteiger partial charge on any atom is 0.222 e. The highest BCUT2D eigenvalue weighted by atomic mass is 35.5. The summed E-state index contributed by atoms with van der Waals surface area (Å²) < 4.78 is 5.05. The first-order valence-electron chi connectivity index (χ1n) is 7.85. The van der Waals surface area contributed by atoms with Crippen LogP contribution in [0.5, 0.6) is 0 Å². The molecule has 2 aromatic heterocycles. The molecule has 6 nitrogen and oxygen atoms in total. The van der Waals surface area contributed by atoms with Crippen LogP contribution in [0.15, 0.2) is 18.3 Å². The third kappa shape index (κ3) is 5.05. The Hall–Kier alpha value is -2.36. The molecule has 7 heteroatoms. The van der Waals surface area contributed by atoms with Gasteiger partial charge in [0.1, 0.15) is 5.82 Å². The summed E-state index contributed by atoms with van der Waals surface area (Å²) in [5, 5.41) is 3.78. The van der Waals surface area contributed by atoms with Crippen LogP contribution in [-0.2, 0) is 10.2 Å². The number of hydrogen-bond donors (Lipinski definition) is 2. The molecule has 2 heterocycles. The van der Waals surface area contributed by atoms with Gasteiger partial charge in [0.05, 0.1) is 34.0 Å². The van der Waals surface area contributed by atoms with Crippen molar-refractivity contribution in [1.29, 1.82) is 0 Å². The zero-order valence-corrected chi connectivity index (χ0v) is 15.6. The van der Waals surface area contributed by atoms with Crippen LogP contribution < -0.4 is 11.1 Å². The van der Waals surface area contributed by atoms with E-state index in [1.807, 2.05) is 32.9 Å². The zero-order valence-electron chi connectivity index (χ0n) is 14.9. The lowest BCUT2D eigenvalue weighted by Gasteiger charge is -2.17. The van der Waals surface area contributed by atoms with Crippen molar-refractivity contribution in [2.75, 3.05) is 31.3 Å². The highest BCUT2D eigenvalue weighted by molar-refractivity contribution is 6.30. The van der Waals surface area contributed by atoms with Gasteiger partial charge >= 0.3 is 0 Å². The van der Waals surface area contributed by atoms with E-state index in [0.29, 0.717) is 29.6 Å². The monoisotopic (exact) mass is 359 g/mol. The van der Waals surface area contributed by atoms with Gasteiger partial charge in [-0.3, -0.25) is 4.98 Å². The summed E-state index contributed by atoms with van der Waals surface area (Å²) in [6.45, 7) is 7.01. The summed E-state index contributed by atoms with van der Waals surface area (Å²) in [4.78, 5) is 12.8. The maximum atomic E-state index is 5.91. The third-order valence-corrected chi connectivity index (χ3v) is 3.80. The lowest BCUT2D eigenvalue weighted by atomic mass is 9.89. The van der Waals surface area contributed by atoms with Crippen LogP contribution >= 0.6 is 11.6 Å². The Morgan fingerprint density at radius 1 is 1.32 bits per heavy atom. The van der Waals surface area contributed by atoms with Crippen LogP contribution in [0.25, 0.3) is 0 Å². The minimum Gasteiger partial charge on any atom is -0.383 e. The molecule has 132 valence electrons. The zero-order chi connectivity index (χ0) is 18.4. The first-order chi connectivity index (χ1) is 11.8. The molecule has 0 amide bonds. The SMILES string of the molecule is COCCNc1nc(N)nc(C)c1C#CC(C)(C)c1ccc(Cl)cn1. The van der Waals surface area contributed by atoms with Crippen molar-refractivity contribution >= 4 is 23.4 Å². The molecule has 2 rings (SSSR count). The van der Waals surface area contributed by atoms with Crippen molar-refractivity contribution in [2.24, 2.45) is 0 Å². The second-order valence-electron chi connectivity index (χ2n) is 6.05. The number of rotatable bonds is 5. The van der Waals surface area contributed by atoms with E-state index in [9.17, 15) is 0 Å². The lowest BCUT2D eigenvalue weighted by molar-refractivity contribution is 0.210. The summed E-state index contributed by atoms with van der Waals surface area (Å²) in [5.41, 5.74) is 7.58. The number of anilines is 2. The largest absolute Gasteiger partial charge is 0.383 e. The molecule has 0 bridgehead atoms. The van der Waals surface area contributed by atoms with E-state index in [-0.39, 0.29) is 5.95 Å². The fourth-order valence-electron chi connectivity index (χ4n) is 2.17. The highest BCUT2D eigenvalue weighted by Crippen LogP contribution is 2.23. The fraction of sp³-hybridized carbons (Fsp3) is 0.389. The smallest absolute Gasteiger partial charge is 0.222 e. The van der Waals surface area contributed by atoms with Gasteiger partial charge < -0.3 is 15.8 Å². The van der Waals surface area contributed by atoms with Gasteiger partial charge in [-0.15, -0.1) is 0 Å². The molecule has 0 unspecified atom stereocenters. The Bertz CT molecular complexity index is 794. The van der Waals surface area contributed by atoms with Gasteiger partial charge in [-0.05, 0) is 32.9 Å². The predicted molar refractivity (Wildman–Crippen MR) is 101 cm³/mol. The summed E-state index contributed by atoms with van der Waals surface area (Å²) in [6.07, 6.45) is 1.62.